The Bertz CT molecular complexity index is 666. The quantitative estimate of drug-likeness (QED) is 0.868. The van der Waals surface area contributed by atoms with Crippen LogP contribution in [0, 0.1) is 5.92 Å². The second-order valence-electron chi connectivity index (χ2n) is 5.46. The fraction of sp³-hybridized carbons (Fsp3) is 0.500. The van der Waals surface area contributed by atoms with Gasteiger partial charge in [0, 0.05) is 31.4 Å². The molecule has 0 radical (unpaired) electrons. The maximum Gasteiger partial charge on any atom is 0.238 e. The minimum Gasteiger partial charge on any atom is -0.381 e. The fourth-order valence-electron chi connectivity index (χ4n) is 2.95. The molecule has 1 aromatic carbocycles. The van der Waals surface area contributed by atoms with Crippen molar-refractivity contribution in [3.8, 4) is 0 Å². The van der Waals surface area contributed by atoms with Gasteiger partial charge in [0.1, 0.15) is 0 Å². The van der Waals surface area contributed by atoms with Crippen LogP contribution in [0.15, 0.2) is 23.1 Å². The van der Waals surface area contributed by atoms with Crippen LogP contribution in [0.25, 0.3) is 0 Å². The van der Waals surface area contributed by atoms with E-state index in [1.54, 1.807) is 17.0 Å². The molecule has 2 heterocycles. The van der Waals surface area contributed by atoms with Gasteiger partial charge in [-0.3, -0.25) is 4.79 Å². The molecule has 0 aliphatic carbocycles. The van der Waals surface area contributed by atoms with E-state index in [0.29, 0.717) is 26.2 Å². The van der Waals surface area contributed by atoms with Crippen molar-refractivity contribution in [2.24, 2.45) is 11.1 Å². The third-order valence-electron chi connectivity index (χ3n) is 4.11. The molecule has 3 rings (SSSR count). The Hall–Kier alpha value is -1.44. The summed E-state index contributed by atoms with van der Waals surface area (Å²) in [6.07, 6.45) is 2.16. The standard InChI is InChI=1S/C14H18N2O4S/c15-21(18,19)12-1-2-13-11(9-12)3-6-16(13)14(17)10-4-7-20-8-5-10/h1-2,9-10H,3-8H2,(H2,15,18,19). The van der Waals surface area contributed by atoms with E-state index < -0.39 is 10.0 Å². The molecule has 0 saturated carbocycles. The first kappa shape index (κ1) is 14.5. The average Bonchev–Trinajstić information content (AvgIpc) is 2.89. The zero-order valence-electron chi connectivity index (χ0n) is 11.6. The van der Waals surface area contributed by atoms with Gasteiger partial charge in [-0.15, -0.1) is 0 Å². The van der Waals surface area contributed by atoms with Gasteiger partial charge in [-0.2, -0.15) is 0 Å². The smallest absolute Gasteiger partial charge is 0.238 e. The summed E-state index contributed by atoms with van der Waals surface area (Å²) in [5, 5.41) is 5.14. The van der Waals surface area contributed by atoms with E-state index in [2.05, 4.69) is 0 Å². The van der Waals surface area contributed by atoms with Crippen LogP contribution >= 0.6 is 0 Å². The summed E-state index contributed by atoms with van der Waals surface area (Å²) in [7, 11) is -3.70. The highest BCUT2D eigenvalue weighted by atomic mass is 32.2. The molecule has 0 unspecified atom stereocenters. The molecule has 6 nitrogen and oxygen atoms in total. The fourth-order valence-corrected chi connectivity index (χ4v) is 3.51. The molecule has 0 atom stereocenters. The monoisotopic (exact) mass is 310 g/mol. The maximum atomic E-state index is 12.6. The second kappa shape index (κ2) is 5.40. The average molecular weight is 310 g/mol. The lowest BCUT2D eigenvalue weighted by atomic mass is 9.98. The molecule has 21 heavy (non-hydrogen) atoms. The van der Waals surface area contributed by atoms with Crippen LogP contribution < -0.4 is 10.0 Å². The summed E-state index contributed by atoms with van der Waals surface area (Å²) >= 11 is 0. The lowest BCUT2D eigenvalue weighted by Crippen LogP contribution is -2.37. The summed E-state index contributed by atoms with van der Waals surface area (Å²) in [5.41, 5.74) is 1.67. The van der Waals surface area contributed by atoms with E-state index in [4.69, 9.17) is 9.88 Å². The van der Waals surface area contributed by atoms with Crippen molar-refractivity contribution >= 4 is 21.6 Å². The topological polar surface area (TPSA) is 89.7 Å². The molecule has 1 aromatic rings. The van der Waals surface area contributed by atoms with Crippen LogP contribution in [0.4, 0.5) is 5.69 Å². The number of primary sulfonamides is 1. The molecule has 0 spiro atoms. The number of nitrogens with two attached hydrogens (primary N) is 1. The Morgan fingerprint density at radius 3 is 2.67 bits per heavy atom. The minimum atomic E-state index is -3.70. The first-order chi connectivity index (χ1) is 9.97. The molecule has 0 aromatic heterocycles. The van der Waals surface area contributed by atoms with Crippen LogP contribution in [0.2, 0.25) is 0 Å². The normalized spacial score (nSPS) is 19.6. The van der Waals surface area contributed by atoms with Gasteiger partial charge in [-0.05, 0) is 43.0 Å². The number of carbonyl (C=O) groups excluding carboxylic acids is 1. The predicted molar refractivity (Wildman–Crippen MR) is 77.4 cm³/mol. The highest BCUT2D eigenvalue weighted by Crippen LogP contribution is 2.32. The van der Waals surface area contributed by atoms with Gasteiger partial charge >= 0.3 is 0 Å². The molecule has 0 bridgehead atoms. The van der Waals surface area contributed by atoms with E-state index >= 15 is 0 Å². The summed E-state index contributed by atoms with van der Waals surface area (Å²) in [6, 6.07) is 4.71. The van der Waals surface area contributed by atoms with Gasteiger partial charge in [0.25, 0.3) is 0 Å². The molecular formula is C14H18N2O4S. The van der Waals surface area contributed by atoms with Gasteiger partial charge in [0.05, 0.1) is 4.90 Å². The number of amides is 1. The zero-order valence-corrected chi connectivity index (χ0v) is 12.4. The number of rotatable bonds is 2. The SMILES string of the molecule is NS(=O)(=O)c1ccc2c(c1)CCN2C(=O)C1CCOCC1. The lowest BCUT2D eigenvalue weighted by Gasteiger charge is -2.26. The number of nitrogens with zero attached hydrogens (tertiary/aromatic N) is 1. The van der Waals surface area contributed by atoms with Crippen LogP contribution in [-0.4, -0.2) is 34.1 Å². The molecule has 1 saturated heterocycles. The first-order valence-corrected chi connectivity index (χ1v) is 8.56. The number of ether oxygens (including phenoxy) is 1. The number of sulfonamides is 1. The van der Waals surface area contributed by atoms with Gasteiger partial charge in [-0.25, -0.2) is 13.6 Å². The van der Waals surface area contributed by atoms with Crippen LogP contribution in [0.5, 0.6) is 0 Å². The van der Waals surface area contributed by atoms with Crippen molar-refractivity contribution in [3.05, 3.63) is 23.8 Å². The minimum absolute atomic E-state index is 0.00242. The summed E-state index contributed by atoms with van der Waals surface area (Å²) in [6.45, 7) is 1.85. The Labute approximate surface area is 123 Å². The van der Waals surface area contributed by atoms with Crippen LogP contribution in [0.1, 0.15) is 18.4 Å². The Kier molecular flexibility index (Phi) is 3.73. The van der Waals surface area contributed by atoms with E-state index in [-0.39, 0.29) is 16.7 Å². The van der Waals surface area contributed by atoms with Gasteiger partial charge in [-0.1, -0.05) is 0 Å². The number of hydrogen-bond donors (Lipinski definition) is 1. The summed E-state index contributed by atoms with van der Waals surface area (Å²) in [5.74, 6) is 0.114. The van der Waals surface area contributed by atoms with E-state index in [0.717, 1.165) is 24.1 Å². The number of anilines is 1. The number of fused-ring (bicyclic) bond motifs is 1. The Morgan fingerprint density at radius 1 is 1.29 bits per heavy atom. The lowest BCUT2D eigenvalue weighted by molar-refractivity contribution is -0.125. The van der Waals surface area contributed by atoms with Crippen molar-refractivity contribution in [2.45, 2.75) is 24.2 Å². The van der Waals surface area contributed by atoms with Crippen molar-refractivity contribution in [2.75, 3.05) is 24.7 Å². The highest BCUT2D eigenvalue weighted by molar-refractivity contribution is 7.89. The molecule has 2 aliphatic heterocycles. The van der Waals surface area contributed by atoms with E-state index in [1.165, 1.54) is 6.07 Å². The zero-order chi connectivity index (χ0) is 15.0. The van der Waals surface area contributed by atoms with Crippen LogP contribution in [0.3, 0.4) is 0 Å². The highest BCUT2D eigenvalue weighted by Gasteiger charge is 2.31. The van der Waals surface area contributed by atoms with Crippen molar-refractivity contribution < 1.29 is 17.9 Å². The third-order valence-corrected chi connectivity index (χ3v) is 5.02. The maximum absolute atomic E-state index is 12.6. The Balaban J connectivity index is 1.85. The first-order valence-electron chi connectivity index (χ1n) is 7.01. The van der Waals surface area contributed by atoms with E-state index in [1.807, 2.05) is 0 Å². The molecular weight excluding hydrogens is 292 g/mol. The third kappa shape index (κ3) is 2.81. The second-order valence-corrected chi connectivity index (χ2v) is 7.02. The molecule has 7 heteroatoms. The largest absolute Gasteiger partial charge is 0.381 e. The molecule has 2 aliphatic rings. The van der Waals surface area contributed by atoms with E-state index in [9.17, 15) is 13.2 Å². The van der Waals surface area contributed by atoms with Gasteiger partial charge < -0.3 is 9.64 Å². The van der Waals surface area contributed by atoms with Crippen LogP contribution in [-0.2, 0) is 26.0 Å². The Morgan fingerprint density at radius 2 is 2.00 bits per heavy atom. The number of carbonyl (C=O) groups is 1. The van der Waals surface area contributed by atoms with Gasteiger partial charge in [0.15, 0.2) is 0 Å². The summed E-state index contributed by atoms with van der Waals surface area (Å²) < 4.78 is 28.0. The van der Waals surface area contributed by atoms with Crippen molar-refractivity contribution in [1.29, 1.82) is 0 Å². The predicted octanol–water partition coefficient (Wildman–Crippen LogP) is 0.650. The molecule has 1 amide bonds. The van der Waals surface area contributed by atoms with Crippen molar-refractivity contribution in [1.82, 2.24) is 0 Å². The molecule has 114 valence electrons. The number of benzene rings is 1. The molecule has 2 N–H and O–H groups in total. The summed E-state index contributed by atoms with van der Waals surface area (Å²) in [4.78, 5) is 14.4. The van der Waals surface area contributed by atoms with Crippen molar-refractivity contribution in [3.63, 3.8) is 0 Å². The number of hydrogen-bond acceptors (Lipinski definition) is 4. The molecule has 1 fully saturated rings. The van der Waals surface area contributed by atoms with Gasteiger partial charge in [0.2, 0.25) is 15.9 Å².